The van der Waals surface area contributed by atoms with Gasteiger partial charge in [-0.1, -0.05) is 17.7 Å². The summed E-state index contributed by atoms with van der Waals surface area (Å²) in [7, 11) is 0. The molecule has 116 valence electrons. The van der Waals surface area contributed by atoms with Gasteiger partial charge in [-0.3, -0.25) is 9.89 Å². The Bertz CT molecular complexity index is 854. The number of amides is 1. The lowest BCUT2D eigenvalue weighted by atomic mass is 10.1. The van der Waals surface area contributed by atoms with Crippen LogP contribution in [0.25, 0.3) is 11.3 Å². The van der Waals surface area contributed by atoms with E-state index in [2.05, 4.69) is 15.5 Å². The molecule has 0 aliphatic heterocycles. The van der Waals surface area contributed by atoms with Gasteiger partial charge in [0.25, 0.3) is 5.91 Å². The van der Waals surface area contributed by atoms with Crippen molar-refractivity contribution < 1.29 is 15.0 Å². The fourth-order valence-corrected chi connectivity index (χ4v) is 2.15. The number of carbonyl (C=O) groups is 1. The SMILES string of the molecule is Cc1ccc(NC(=O)c2cc(-c3ccc(O)cc3O)n[nH]2)cc1. The number of aryl methyl sites for hydroxylation is 1. The van der Waals surface area contributed by atoms with E-state index in [-0.39, 0.29) is 23.1 Å². The van der Waals surface area contributed by atoms with E-state index < -0.39 is 0 Å². The molecule has 3 rings (SSSR count). The molecular formula is C17H15N3O3. The van der Waals surface area contributed by atoms with Crippen LogP contribution in [0.4, 0.5) is 5.69 Å². The number of H-pyrrole nitrogens is 1. The van der Waals surface area contributed by atoms with E-state index in [0.29, 0.717) is 16.9 Å². The van der Waals surface area contributed by atoms with Gasteiger partial charge >= 0.3 is 0 Å². The fraction of sp³-hybridized carbons (Fsp3) is 0.0588. The number of nitrogens with one attached hydrogen (secondary N) is 2. The maximum absolute atomic E-state index is 12.2. The van der Waals surface area contributed by atoms with Crippen LogP contribution in [-0.2, 0) is 0 Å². The topological polar surface area (TPSA) is 98.2 Å². The Hall–Kier alpha value is -3.28. The number of hydrogen-bond donors (Lipinski definition) is 4. The van der Waals surface area contributed by atoms with E-state index in [1.807, 2.05) is 31.2 Å². The summed E-state index contributed by atoms with van der Waals surface area (Å²) in [4.78, 5) is 12.2. The molecule has 1 heterocycles. The molecule has 6 nitrogen and oxygen atoms in total. The molecule has 0 saturated heterocycles. The quantitative estimate of drug-likeness (QED) is 0.597. The molecule has 3 aromatic rings. The van der Waals surface area contributed by atoms with Crippen molar-refractivity contribution in [1.82, 2.24) is 10.2 Å². The Morgan fingerprint density at radius 2 is 1.83 bits per heavy atom. The third-order valence-electron chi connectivity index (χ3n) is 3.39. The van der Waals surface area contributed by atoms with Gasteiger partial charge in [0.05, 0.1) is 5.69 Å². The number of rotatable bonds is 3. The molecule has 1 aromatic heterocycles. The summed E-state index contributed by atoms with van der Waals surface area (Å²) >= 11 is 0. The van der Waals surface area contributed by atoms with Crippen molar-refractivity contribution in [2.24, 2.45) is 0 Å². The summed E-state index contributed by atoms with van der Waals surface area (Å²) in [6.45, 7) is 1.97. The number of carbonyl (C=O) groups excluding carboxylic acids is 1. The van der Waals surface area contributed by atoms with Gasteiger partial charge in [0.2, 0.25) is 0 Å². The van der Waals surface area contributed by atoms with Crippen LogP contribution in [0.1, 0.15) is 16.1 Å². The van der Waals surface area contributed by atoms with Crippen molar-refractivity contribution in [2.75, 3.05) is 5.32 Å². The molecule has 0 aliphatic rings. The summed E-state index contributed by atoms with van der Waals surface area (Å²) in [6, 6.07) is 13.2. The predicted molar refractivity (Wildman–Crippen MR) is 86.5 cm³/mol. The van der Waals surface area contributed by atoms with Crippen LogP contribution in [0.2, 0.25) is 0 Å². The van der Waals surface area contributed by atoms with Crippen LogP contribution in [0.3, 0.4) is 0 Å². The van der Waals surface area contributed by atoms with Crippen LogP contribution >= 0.6 is 0 Å². The number of phenolic OH excluding ortho intramolecular Hbond substituents is 2. The van der Waals surface area contributed by atoms with Crippen molar-refractivity contribution in [1.29, 1.82) is 0 Å². The number of anilines is 1. The molecule has 0 fully saturated rings. The monoisotopic (exact) mass is 309 g/mol. The van der Waals surface area contributed by atoms with E-state index in [1.54, 1.807) is 0 Å². The third-order valence-corrected chi connectivity index (χ3v) is 3.39. The first kappa shape index (κ1) is 14.6. The first-order chi connectivity index (χ1) is 11.0. The average molecular weight is 309 g/mol. The summed E-state index contributed by atoms with van der Waals surface area (Å²) in [6.07, 6.45) is 0. The summed E-state index contributed by atoms with van der Waals surface area (Å²) in [5, 5.41) is 28.6. The lowest BCUT2D eigenvalue weighted by Crippen LogP contribution is -2.12. The van der Waals surface area contributed by atoms with Gasteiger partial charge < -0.3 is 15.5 Å². The summed E-state index contributed by atoms with van der Waals surface area (Å²) < 4.78 is 0. The van der Waals surface area contributed by atoms with Crippen molar-refractivity contribution in [3.05, 3.63) is 59.8 Å². The lowest BCUT2D eigenvalue weighted by Gasteiger charge is -2.03. The van der Waals surface area contributed by atoms with Gasteiger partial charge in [0, 0.05) is 17.3 Å². The van der Waals surface area contributed by atoms with Crippen LogP contribution in [0.15, 0.2) is 48.5 Å². The van der Waals surface area contributed by atoms with E-state index in [4.69, 9.17) is 0 Å². The maximum Gasteiger partial charge on any atom is 0.273 e. The van der Waals surface area contributed by atoms with E-state index in [1.165, 1.54) is 24.3 Å². The highest BCUT2D eigenvalue weighted by molar-refractivity contribution is 6.03. The smallest absolute Gasteiger partial charge is 0.273 e. The standard InChI is InChI=1S/C17H15N3O3/c1-10-2-4-11(5-3-10)18-17(23)15-9-14(19-20-15)13-7-6-12(21)8-16(13)22/h2-9,21-22H,1H3,(H,18,23)(H,19,20). The molecule has 0 bridgehead atoms. The highest BCUT2D eigenvalue weighted by Crippen LogP contribution is 2.31. The minimum absolute atomic E-state index is 0.0425. The first-order valence-electron chi connectivity index (χ1n) is 6.99. The predicted octanol–water partition coefficient (Wildman–Crippen LogP) is 3.05. The van der Waals surface area contributed by atoms with Gasteiger partial charge in [-0.15, -0.1) is 0 Å². The number of nitrogens with zero attached hydrogens (tertiary/aromatic N) is 1. The molecular weight excluding hydrogens is 294 g/mol. The van der Waals surface area contributed by atoms with Crippen LogP contribution in [-0.4, -0.2) is 26.3 Å². The van der Waals surface area contributed by atoms with Crippen molar-refractivity contribution in [3.63, 3.8) is 0 Å². The minimum Gasteiger partial charge on any atom is -0.508 e. The normalized spacial score (nSPS) is 10.5. The summed E-state index contributed by atoms with van der Waals surface area (Å²) in [5.41, 5.74) is 2.90. The molecule has 1 amide bonds. The third kappa shape index (κ3) is 3.16. The Labute approximate surface area is 132 Å². The van der Waals surface area contributed by atoms with Crippen molar-refractivity contribution in [2.45, 2.75) is 6.92 Å². The highest BCUT2D eigenvalue weighted by atomic mass is 16.3. The van der Waals surface area contributed by atoms with Gasteiger partial charge in [0.1, 0.15) is 17.2 Å². The first-order valence-corrected chi connectivity index (χ1v) is 6.99. The van der Waals surface area contributed by atoms with Gasteiger partial charge in [0.15, 0.2) is 0 Å². The van der Waals surface area contributed by atoms with Gasteiger partial charge in [-0.2, -0.15) is 5.10 Å². The number of benzene rings is 2. The minimum atomic E-state index is -0.328. The Morgan fingerprint density at radius 3 is 2.52 bits per heavy atom. The number of aromatic hydroxyl groups is 2. The van der Waals surface area contributed by atoms with Crippen LogP contribution < -0.4 is 5.32 Å². The van der Waals surface area contributed by atoms with E-state index in [9.17, 15) is 15.0 Å². The second-order valence-electron chi connectivity index (χ2n) is 5.19. The molecule has 0 unspecified atom stereocenters. The van der Waals surface area contributed by atoms with Crippen LogP contribution in [0, 0.1) is 6.92 Å². The van der Waals surface area contributed by atoms with E-state index in [0.717, 1.165) is 5.56 Å². The Kier molecular flexibility index (Phi) is 3.72. The Morgan fingerprint density at radius 1 is 1.09 bits per heavy atom. The second kappa shape index (κ2) is 5.84. The maximum atomic E-state index is 12.2. The zero-order chi connectivity index (χ0) is 16.4. The molecule has 0 spiro atoms. The molecule has 4 N–H and O–H groups in total. The molecule has 0 saturated carbocycles. The number of hydrogen-bond acceptors (Lipinski definition) is 4. The molecule has 0 aliphatic carbocycles. The molecule has 0 radical (unpaired) electrons. The van der Waals surface area contributed by atoms with Crippen molar-refractivity contribution in [3.8, 4) is 22.8 Å². The molecule has 0 atom stereocenters. The van der Waals surface area contributed by atoms with Gasteiger partial charge in [-0.25, -0.2) is 0 Å². The summed E-state index contributed by atoms with van der Waals surface area (Å²) in [5.74, 6) is -0.480. The van der Waals surface area contributed by atoms with Crippen LogP contribution in [0.5, 0.6) is 11.5 Å². The number of phenols is 2. The zero-order valence-corrected chi connectivity index (χ0v) is 12.4. The second-order valence-corrected chi connectivity index (χ2v) is 5.19. The van der Waals surface area contributed by atoms with E-state index >= 15 is 0 Å². The molecule has 6 heteroatoms. The highest BCUT2D eigenvalue weighted by Gasteiger charge is 2.13. The zero-order valence-electron chi connectivity index (χ0n) is 12.4. The molecule has 23 heavy (non-hydrogen) atoms. The number of aromatic amines is 1. The van der Waals surface area contributed by atoms with Crippen molar-refractivity contribution >= 4 is 11.6 Å². The van der Waals surface area contributed by atoms with Gasteiger partial charge in [-0.05, 0) is 37.3 Å². The average Bonchev–Trinajstić information content (AvgIpc) is 2.99. The Balaban J connectivity index is 1.81. The molecule has 2 aromatic carbocycles. The number of aromatic nitrogens is 2. The largest absolute Gasteiger partial charge is 0.508 e. The fourth-order valence-electron chi connectivity index (χ4n) is 2.15. The lowest BCUT2D eigenvalue weighted by molar-refractivity contribution is 0.102.